The molecule has 0 aliphatic heterocycles. The van der Waals surface area contributed by atoms with Crippen LogP contribution in [-0.2, 0) is 23.8 Å². The van der Waals surface area contributed by atoms with Crippen LogP contribution in [0.1, 0.15) is 61.3 Å². The Labute approximate surface area is 170 Å². The van der Waals surface area contributed by atoms with Gasteiger partial charge >= 0.3 is 35.7 Å². The molecule has 0 spiro atoms. The van der Waals surface area contributed by atoms with Gasteiger partial charge in [-0.15, -0.1) is 0 Å². The van der Waals surface area contributed by atoms with Crippen molar-refractivity contribution in [1.82, 2.24) is 0 Å². The molecule has 0 saturated heterocycles. The van der Waals surface area contributed by atoms with Crippen molar-refractivity contribution in [2.75, 3.05) is 6.61 Å². The average molecular weight is 456 g/mol. The lowest BCUT2D eigenvalue weighted by molar-refractivity contribution is -0.362. The quantitative estimate of drug-likeness (QED) is 0.269. The van der Waals surface area contributed by atoms with E-state index >= 15 is 0 Å². The van der Waals surface area contributed by atoms with Crippen molar-refractivity contribution >= 4 is 11.9 Å². The van der Waals surface area contributed by atoms with Gasteiger partial charge < -0.3 is 14.2 Å². The van der Waals surface area contributed by atoms with Crippen molar-refractivity contribution in [2.45, 2.75) is 90.7 Å². The first-order chi connectivity index (χ1) is 13.0. The minimum Gasteiger partial charge on any atom is -0.455 e. The first-order valence-electron chi connectivity index (χ1n) is 8.95. The van der Waals surface area contributed by atoms with Gasteiger partial charge in [-0.05, 0) is 41.0 Å². The van der Waals surface area contributed by atoms with Gasteiger partial charge in [-0.25, -0.2) is 13.6 Å². The lowest BCUT2D eigenvalue weighted by atomic mass is 9.90. The molecule has 0 aromatic heterocycles. The molecule has 178 valence electrons. The lowest BCUT2D eigenvalue weighted by Crippen LogP contribution is -2.60. The molecule has 1 unspecified atom stereocenters. The first-order valence-corrected chi connectivity index (χ1v) is 8.95. The summed E-state index contributed by atoms with van der Waals surface area (Å²) in [6, 6.07) is 0. The van der Waals surface area contributed by atoms with E-state index in [0.29, 0.717) is 0 Å². The smallest absolute Gasteiger partial charge is 0.455 e. The number of alkyl halides is 7. The summed E-state index contributed by atoms with van der Waals surface area (Å²) in [5.74, 6) is -17.5. The molecule has 0 aromatic rings. The fourth-order valence-electron chi connectivity index (χ4n) is 1.69. The normalized spacial score (nSPS) is 16.1. The molecule has 0 bridgehead atoms. The molecule has 0 saturated carbocycles. The highest BCUT2D eigenvalue weighted by Crippen LogP contribution is 2.41. The molecule has 0 fully saturated rings. The van der Waals surface area contributed by atoms with Gasteiger partial charge in [-0.1, -0.05) is 6.92 Å². The van der Waals surface area contributed by atoms with E-state index < -0.39 is 59.8 Å². The predicted molar refractivity (Wildman–Crippen MR) is 90.9 cm³/mol. The minimum atomic E-state index is -5.77. The number of hydrogen-bond donors (Lipinski definition) is 0. The molecular weight excluding hydrogens is 429 g/mol. The summed E-state index contributed by atoms with van der Waals surface area (Å²) < 4.78 is 108. The van der Waals surface area contributed by atoms with Crippen molar-refractivity contribution in [3.8, 4) is 0 Å². The van der Waals surface area contributed by atoms with Gasteiger partial charge in [0.05, 0.1) is 12.0 Å². The van der Waals surface area contributed by atoms with Crippen LogP contribution in [0.3, 0.4) is 0 Å². The lowest BCUT2D eigenvalue weighted by Gasteiger charge is -2.36. The molecule has 0 rings (SSSR count). The van der Waals surface area contributed by atoms with Gasteiger partial charge in [-0.2, -0.15) is 22.0 Å². The Balaban J connectivity index is 6.13. The topological polar surface area (TPSA) is 61.8 Å². The van der Waals surface area contributed by atoms with Crippen LogP contribution in [0.4, 0.5) is 30.7 Å². The molecule has 12 heteroatoms. The largest absolute Gasteiger partial charge is 0.468 e. The number of carbonyl (C=O) groups is 2. The standard InChI is InChI=1S/C18H27F7O5/c1-8-14(5,6)11(26)30-17(18(23,24)25,12(27)29-13(2,3)4)28-10-9-16(21,22)15(7,19)20/h8-10H2,1-7H3. The first kappa shape index (κ1) is 28.4. The summed E-state index contributed by atoms with van der Waals surface area (Å²) in [5, 5.41) is 0. The van der Waals surface area contributed by atoms with Crippen LogP contribution < -0.4 is 0 Å². The Kier molecular flexibility index (Phi) is 8.41. The zero-order valence-corrected chi connectivity index (χ0v) is 17.8. The molecule has 0 radical (unpaired) electrons. The summed E-state index contributed by atoms with van der Waals surface area (Å²) in [6.07, 6.45) is -7.65. The summed E-state index contributed by atoms with van der Waals surface area (Å²) >= 11 is 0. The van der Waals surface area contributed by atoms with E-state index in [1.807, 2.05) is 0 Å². The highest BCUT2D eigenvalue weighted by molar-refractivity contribution is 5.85. The monoisotopic (exact) mass is 456 g/mol. The Bertz CT molecular complexity index is 618. The van der Waals surface area contributed by atoms with Crippen LogP contribution in [0.25, 0.3) is 0 Å². The van der Waals surface area contributed by atoms with Gasteiger partial charge in [0.15, 0.2) is 0 Å². The summed E-state index contributed by atoms with van der Waals surface area (Å²) in [7, 11) is 0. The molecule has 0 aliphatic carbocycles. The van der Waals surface area contributed by atoms with Crippen LogP contribution in [0.15, 0.2) is 0 Å². The molecule has 0 amide bonds. The van der Waals surface area contributed by atoms with Crippen molar-refractivity contribution in [1.29, 1.82) is 0 Å². The van der Waals surface area contributed by atoms with E-state index in [4.69, 9.17) is 0 Å². The van der Waals surface area contributed by atoms with Crippen molar-refractivity contribution < 1.29 is 54.5 Å². The SMILES string of the molecule is CCC(C)(C)C(=O)OC(OCCC(F)(F)C(C)(F)F)(C(=O)OC(C)(C)C)C(F)(F)F. The van der Waals surface area contributed by atoms with E-state index in [0.717, 1.165) is 0 Å². The number of halogens is 7. The maximum atomic E-state index is 13.9. The highest BCUT2D eigenvalue weighted by Gasteiger charge is 2.69. The number of esters is 2. The zero-order chi connectivity index (χ0) is 24.4. The fraction of sp³-hybridized carbons (Fsp3) is 0.889. The average Bonchev–Trinajstić information content (AvgIpc) is 2.49. The van der Waals surface area contributed by atoms with Crippen LogP contribution in [0.5, 0.6) is 0 Å². The fourth-order valence-corrected chi connectivity index (χ4v) is 1.69. The van der Waals surface area contributed by atoms with Gasteiger partial charge in [0.1, 0.15) is 5.60 Å². The Hall–Kier alpha value is -1.59. The van der Waals surface area contributed by atoms with E-state index in [9.17, 15) is 40.3 Å². The minimum absolute atomic E-state index is 0.00574. The Morgan fingerprint density at radius 2 is 1.23 bits per heavy atom. The van der Waals surface area contributed by atoms with E-state index in [-0.39, 0.29) is 13.3 Å². The number of rotatable bonds is 9. The second kappa shape index (κ2) is 8.88. The zero-order valence-electron chi connectivity index (χ0n) is 17.8. The molecule has 0 aromatic carbocycles. The van der Waals surface area contributed by atoms with E-state index in [2.05, 4.69) is 14.2 Å². The maximum absolute atomic E-state index is 13.9. The predicted octanol–water partition coefficient (Wildman–Crippen LogP) is 5.26. The molecule has 30 heavy (non-hydrogen) atoms. The van der Waals surface area contributed by atoms with Crippen molar-refractivity contribution in [3.63, 3.8) is 0 Å². The number of carbonyl (C=O) groups excluding carboxylic acids is 2. The molecule has 1 atom stereocenters. The number of ether oxygens (including phenoxy) is 3. The summed E-state index contributed by atoms with van der Waals surface area (Å²) in [5.41, 5.74) is -3.02. The number of hydrogen-bond acceptors (Lipinski definition) is 5. The summed E-state index contributed by atoms with van der Waals surface area (Å²) in [4.78, 5) is 24.6. The third kappa shape index (κ3) is 6.98. The van der Waals surface area contributed by atoms with Crippen LogP contribution >= 0.6 is 0 Å². The second-order valence-corrected chi connectivity index (χ2v) is 8.43. The van der Waals surface area contributed by atoms with Crippen molar-refractivity contribution in [3.05, 3.63) is 0 Å². The maximum Gasteiger partial charge on any atom is 0.468 e. The third-order valence-corrected chi connectivity index (χ3v) is 4.08. The van der Waals surface area contributed by atoms with Crippen LogP contribution in [0.2, 0.25) is 0 Å². The molecule has 0 aliphatic rings. The van der Waals surface area contributed by atoms with Gasteiger partial charge in [0, 0.05) is 13.3 Å². The van der Waals surface area contributed by atoms with E-state index in [1.54, 1.807) is 0 Å². The van der Waals surface area contributed by atoms with Gasteiger partial charge in [0.2, 0.25) is 0 Å². The third-order valence-electron chi connectivity index (χ3n) is 4.08. The van der Waals surface area contributed by atoms with Gasteiger partial charge in [-0.3, -0.25) is 4.79 Å². The van der Waals surface area contributed by atoms with Gasteiger partial charge in [0.25, 0.3) is 0 Å². The Morgan fingerprint density at radius 1 is 0.767 bits per heavy atom. The molecule has 5 nitrogen and oxygen atoms in total. The highest BCUT2D eigenvalue weighted by atomic mass is 19.4. The van der Waals surface area contributed by atoms with Crippen LogP contribution in [-0.4, -0.2) is 48.0 Å². The van der Waals surface area contributed by atoms with Crippen molar-refractivity contribution in [2.24, 2.45) is 5.41 Å². The molecular formula is C18H27F7O5. The Morgan fingerprint density at radius 3 is 1.57 bits per heavy atom. The van der Waals surface area contributed by atoms with Crippen LogP contribution in [0, 0.1) is 5.41 Å². The molecule has 0 N–H and O–H groups in total. The summed E-state index contributed by atoms with van der Waals surface area (Å²) in [6.45, 7) is 5.70. The second-order valence-electron chi connectivity index (χ2n) is 8.43. The van der Waals surface area contributed by atoms with E-state index in [1.165, 1.54) is 41.5 Å². The molecule has 0 heterocycles.